The Morgan fingerprint density at radius 3 is 3.17 bits per heavy atom. The third kappa shape index (κ3) is 3.73. The Kier molecular flexibility index (Phi) is 4.10. The Labute approximate surface area is 75.9 Å². The molecule has 0 amide bonds. The van der Waals surface area contributed by atoms with E-state index < -0.39 is 0 Å². The Morgan fingerprint density at radius 2 is 2.58 bits per heavy atom. The van der Waals surface area contributed by atoms with Crippen molar-refractivity contribution in [2.45, 2.75) is 25.1 Å². The number of hydrogen-bond donors (Lipinski definition) is 1. The summed E-state index contributed by atoms with van der Waals surface area (Å²) in [4.78, 5) is 3.90. The molecule has 2 N–H and O–H groups in total. The van der Waals surface area contributed by atoms with Gasteiger partial charge in [0, 0.05) is 6.04 Å². The lowest BCUT2D eigenvalue weighted by Crippen LogP contribution is -2.15. The summed E-state index contributed by atoms with van der Waals surface area (Å²) in [6, 6.07) is 0.278. The van der Waals surface area contributed by atoms with Crippen molar-refractivity contribution in [2.75, 3.05) is 5.75 Å². The van der Waals surface area contributed by atoms with Crippen LogP contribution in [0.3, 0.4) is 0 Å². The lowest BCUT2D eigenvalue weighted by Gasteiger charge is -2.01. The molecule has 1 rings (SSSR count). The van der Waals surface area contributed by atoms with E-state index in [1.54, 1.807) is 11.8 Å². The summed E-state index contributed by atoms with van der Waals surface area (Å²) in [6.07, 6.45) is 2.44. The maximum absolute atomic E-state index is 5.59. The highest BCUT2D eigenvalue weighted by Gasteiger charge is 1.99. The molecule has 0 aromatic carbocycles. The maximum Gasteiger partial charge on any atom is 0.236 e. The summed E-state index contributed by atoms with van der Waals surface area (Å²) >= 11 is 1.76. The molecular formula is C7H13N3OS. The lowest BCUT2D eigenvalue weighted by atomic mass is 10.3. The molecule has 0 radical (unpaired) electrons. The van der Waals surface area contributed by atoms with Crippen LogP contribution in [0, 0.1) is 0 Å². The fourth-order valence-corrected chi connectivity index (χ4v) is 1.67. The molecule has 1 heterocycles. The molecule has 1 atom stereocenters. The highest BCUT2D eigenvalue weighted by atomic mass is 32.2. The first kappa shape index (κ1) is 9.54. The largest absolute Gasteiger partial charge is 0.339 e. The van der Waals surface area contributed by atoms with Crippen molar-refractivity contribution in [1.82, 2.24) is 10.1 Å². The van der Waals surface area contributed by atoms with E-state index >= 15 is 0 Å². The molecule has 0 saturated heterocycles. The molecule has 0 bridgehead atoms. The third-order valence-corrected chi connectivity index (χ3v) is 2.33. The van der Waals surface area contributed by atoms with Crippen molar-refractivity contribution in [3.05, 3.63) is 12.2 Å². The van der Waals surface area contributed by atoms with E-state index in [9.17, 15) is 0 Å². The van der Waals surface area contributed by atoms with Gasteiger partial charge in [-0.05, 0) is 19.1 Å². The van der Waals surface area contributed by atoms with Crippen molar-refractivity contribution in [1.29, 1.82) is 0 Å². The van der Waals surface area contributed by atoms with Crippen LogP contribution in [0.1, 0.15) is 19.2 Å². The van der Waals surface area contributed by atoms with Gasteiger partial charge in [-0.15, -0.1) is 0 Å². The average molecular weight is 187 g/mol. The zero-order chi connectivity index (χ0) is 8.81. The molecule has 5 heteroatoms. The van der Waals surface area contributed by atoms with Gasteiger partial charge in [-0.2, -0.15) is 16.7 Å². The molecule has 1 aromatic heterocycles. The number of hydrogen-bond acceptors (Lipinski definition) is 5. The standard InChI is InChI=1S/C7H13N3OS/c1-6(8)2-3-12-4-7-9-5-10-11-7/h5-6H,2-4,8H2,1H3. The van der Waals surface area contributed by atoms with Gasteiger partial charge in [-0.1, -0.05) is 5.16 Å². The molecule has 1 unspecified atom stereocenters. The fourth-order valence-electron chi connectivity index (χ4n) is 0.688. The molecule has 0 saturated carbocycles. The minimum absolute atomic E-state index is 0.278. The second-order valence-electron chi connectivity index (χ2n) is 2.65. The SMILES string of the molecule is CC(N)CCSCc1ncno1. The first-order valence-corrected chi connectivity index (χ1v) is 5.03. The van der Waals surface area contributed by atoms with Crippen LogP contribution >= 0.6 is 11.8 Å². The van der Waals surface area contributed by atoms with Crippen LogP contribution in [-0.4, -0.2) is 21.9 Å². The minimum Gasteiger partial charge on any atom is -0.339 e. The first-order chi connectivity index (χ1) is 5.79. The summed E-state index contributed by atoms with van der Waals surface area (Å²) in [5.41, 5.74) is 5.59. The molecule has 0 aliphatic heterocycles. The molecule has 0 spiro atoms. The highest BCUT2D eigenvalue weighted by Crippen LogP contribution is 2.10. The van der Waals surface area contributed by atoms with E-state index in [4.69, 9.17) is 10.3 Å². The van der Waals surface area contributed by atoms with Crippen molar-refractivity contribution >= 4 is 11.8 Å². The van der Waals surface area contributed by atoms with Crippen LogP contribution in [0.15, 0.2) is 10.9 Å². The van der Waals surface area contributed by atoms with Gasteiger partial charge in [0.05, 0.1) is 5.75 Å². The zero-order valence-corrected chi connectivity index (χ0v) is 7.88. The van der Waals surface area contributed by atoms with Gasteiger partial charge >= 0.3 is 0 Å². The minimum atomic E-state index is 0.278. The fraction of sp³-hybridized carbons (Fsp3) is 0.714. The maximum atomic E-state index is 5.59. The van der Waals surface area contributed by atoms with E-state index in [-0.39, 0.29) is 6.04 Å². The molecule has 0 aliphatic carbocycles. The Balaban J connectivity index is 2.04. The van der Waals surface area contributed by atoms with Gasteiger partial charge in [0.15, 0.2) is 6.33 Å². The topological polar surface area (TPSA) is 64.9 Å². The number of thioether (sulfide) groups is 1. The molecule has 0 aliphatic rings. The number of nitrogens with zero attached hydrogens (tertiary/aromatic N) is 2. The van der Waals surface area contributed by atoms with Gasteiger partial charge < -0.3 is 10.3 Å². The molecule has 4 nitrogen and oxygen atoms in total. The predicted molar refractivity (Wildman–Crippen MR) is 48.7 cm³/mol. The summed E-state index contributed by atoms with van der Waals surface area (Å²) in [6.45, 7) is 2.01. The highest BCUT2D eigenvalue weighted by molar-refractivity contribution is 7.98. The number of aromatic nitrogens is 2. The van der Waals surface area contributed by atoms with Crippen molar-refractivity contribution in [3.63, 3.8) is 0 Å². The van der Waals surface area contributed by atoms with E-state index in [1.165, 1.54) is 6.33 Å². The van der Waals surface area contributed by atoms with Gasteiger partial charge in [0.1, 0.15) is 0 Å². The molecule has 1 aromatic rings. The van der Waals surface area contributed by atoms with Gasteiger partial charge in [-0.25, -0.2) is 0 Å². The summed E-state index contributed by atoms with van der Waals surface area (Å²) in [7, 11) is 0. The monoisotopic (exact) mass is 187 g/mol. The summed E-state index contributed by atoms with van der Waals surface area (Å²) in [5, 5.41) is 3.51. The molecular weight excluding hydrogens is 174 g/mol. The zero-order valence-electron chi connectivity index (χ0n) is 7.06. The Hall–Kier alpha value is -0.550. The van der Waals surface area contributed by atoms with Crippen molar-refractivity contribution in [2.24, 2.45) is 5.73 Å². The molecule has 68 valence electrons. The average Bonchev–Trinajstić information content (AvgIpc) is 2.49. The van der Waals surface area contributed by atoms with E-state index in [1.807, 2.05) is 6.92 Å². The Bertz CT molecular complexity index is 200. The second-order valence-corrected chi connectivity index (χ2v) is 3.76. The quantitative estimate of drug-likeness (QED) is 0.698. The normalized spacial score (nSPS) is 13.2. The van der Waals surface area contributed by atoms with E-state index in [0.29, 0.717) is 5.89 Å². The van der Waals surface area contributed by atoms with Gasteiger partial charge in [0.2, 0.25) is 5.89 Å². The summed E-state index contributed by atoms with van der Waals surface area (Å²) in [5.74, 6) is 2.51. The third-order valence-electron chi connectivity index (χ3n) is 1.35. The van der Waals surface area contributed by atoms with E-state index in [2.05, 4.69) is 10.1 Å². The van der Waals surface area contributed by atoms with Gasteiger partial charge in [0.25, 0.3) is 0 Å². The lowest BCUT2D eigenvalue weighted by molar-refractivity contribution is 0.390. The number of rotatable bonds is 5. The smallest absolute Gasteiger partial charge is 0.236 e. The van der Waals surface area contributed by atoms with Gasteiger partial charge in [-0.3, -0.25) is 0 Å². The second kappa shape index (κ2) is 5.16. The number of nitrogens with two attached hydrogens (primary N) is 1. The predicted octanol–water partition coefficient (Wildman–Crippen LogP) is 1.04. The summed E-state index contributed by atoms with van der Waals surface area (Å²) < 4.78 is 4.83. The van der Waals surface area contributed by atoms with Crippen molar-refractivity contribution < 1.29 is 4.52 Å². The van der Waals surface area contributed by atoms with E-state index in [0.717, 1.165) is 17.9 Å². The Morgan fingerprint density at radius 1 is 1.75 bits per heavy atom. The molecule has 0 fully saturated rings. The van der Waals surface area contributed by atoms with Crippen LogP contribution in [0.25, 0.3) is 0 Å². The first-order valence-electron chi connectivity index (χ1n) is 3.88. The van der Waals surface area contributed by atoms with Crippen molar-refractivity contribution in [3.8, 4) is 0 Å². The van der Waals surface area contributed by atoms with Crippen LogP contribution < -0.4 is 5.73 Å². The van der Waals surface area contributed by atoms with Crippen LogP contribution in [0.5, 0.6) is 0 Å². The molecule has 12 heavy (non-hydrogen) atoms. The van der Waals surface area contributed by atoms with Crippen LogP contribution in [-0.2, 0) is 5.75 Å². The van der Waals surface area contributed by atoms with Crippen LogP contribution in [0.4, 0.5) is 0 Å². The van der Waals surface area contributed by atoms with Crippen LogP contribution in [0.2, 0.25) is 0 Å².